The first-order chi connectivity index (χ1) is 9.86. The molecule has 2 N–H and O–H groups in total. The lowest BCUT2D eigenvalue weighted by atomic mass is 10.1. The fourth-order valence-corrected chi connectivity index (χ4v) is 2.31. The van der Waals surface area contributed by atoms with Gasteiger partial charge < -0.3 is 10.3 Å². The maximum absolute atomic E-state index is 12.1. The van der Waals surface area contributed by atoms with Gasteiger partial charge in [0, 0.05) is 22.0 Å². The minimum Gasteiger partial charge on any atom is -0.326 e. The Hall–Kier alpha value is -2.14. The Morgan fingerprint density at radius 1 is 1.33 bits per heavy atom. The first-order valence-corrected chi connectivity index (χ1v) is 6.87. The van der Waals surface area contributed by atoms with E-state index in [0.717, 1.165) is 5.56 Å². The van der Waals surface area contributed by atoms with E-state index in [-0.39, 0.29) is 17.9 Å². The lowest BCUT2D eigenvalue weighted by molar-refractivity contribution is -0.115. The molecule has 110 valence electrons. The predicted molar refractivity (Wildman–Crippen MR) is 82.9 cm³/mol. The number of nitrogens with zero attached hydrogens (tertiary/aromatic N) is 1. The molecule has 2 aromatic rings. The highest BCUT2D eigenvalue weighted by Gasteiger charge is 2.12. The van der Waals surface area contributed by atoms with Crippen LogP contribution >= 0.6 is 11.6 Å². The molecule has 0 bridgehead atoms. The van der Waals surface area contributed by atoms with Crippen LogP contribution in [0.2, 0.25) is 5.02 Å². The van der Waals surface area contributed by atoms with Gasteiger partial charge in [0.2, 0.25) is 5.91 Å². The molecule has 0 spiro atoms. The van der Waals surface area contributed by atoms with Gasteiger partial charge in [0.15, 0.2) is 0 Å². The third kappa shape index (κ3) is 3.70. The van der Waals surface area contributed by atoms with Crippen LogP contribution in [0.3, 0.4) is 0 Å². The van der Waals surface area contributed by atoms with Gasteiger partial charge in [0.1, 0.15) is 5.82 Å². The molecule has 1 heterocycles. The molecule has 1 amide bonds. The number of hydrogen-bond donors (Lipinski definition) is 2. The average molecular weight is 306 g/mol. The number of carbonyl (C=O) groups is 1. The van der Waals surface area contributed by atoms with E-state index in [9.17, 15) is 9.59 Å². The van der Waals surface area contributed by atoms with E-state index in [1.807, 2.05) is 6.92 Å². The third-order valence-electron chi connectivity index (χ3n) is 3.14. The maximum atomic E-state index is 12.1. The highest BCUT2D eigenvalue weighted by atomic mass is 35.5. The van der Waals surface area contributed by atoms with E-state index >= 15 is 0 Å². The minimum atomic E-state index is -0.275. The molecule has 0 radical (unpaired) electrons. The number of amides is 1. The van der Waals surface area contributed by atoms with Crippen molar-refractivity contribution in [2.24, 2.45) is 0 Å². The van der Waals surface area contributed by atoms with Crippen molar-refractivity contribution in [1.82, 2.24) is 9.97 Å². The van der Waals surface area contributed by atoms with Crippen LogP contribution < -0.4 is 10.9 Å². The van der Waals surface area contributed by atoms with Crippen LogP contribution in [-0.2, 0) is 11.2 Å². The van der Waals surface area contributed by atoms with Crippen molar-refractivity contribution < 1.29 is 4.79 Å². The first kappa shape index (κ1) is 15.3. The van der Waals surface area contributed by atoms with E-state index in [2.05, 4.69) is 15.3 Å². The quantitative estimate of drug-likeness (QED) is 0.915. The summed E-state index contributed by atoms with van der Waals surface area (Å²) in [6.45, 7) is 5.28. The van der Waals surface area contributed by atoms with Gasteiger partial charge in [0.25, 0.3) is 5.56 Å². The van der Waals surface area contributed by atoms with Crippen LogP contribution in [0.5, 0.6) is 0 Å². The molecule has 5 nitrogen and oxygen atoms in total. The molecule has 1 aromatic heterocycles. The van der Waals surface area contributed by atoms with Gasteiger partial charge in [-0.15, -0.1) is 0 Å². The molecule has 21 heavy (non-hydrogen) atoms. The zero-order valence-electron chi connectivity index (χ0n) is 12.1. The number of nitrogens with one attached hydrogen (secondary N) is 2. The second-order valence-corrected chi connectivity index (χ2v) is 5.34. The van der Waals surface area contributed by atoms with Crippen LogP contribution in [0, 0.1) is 20.8 Å². The zero-order valence-corrected chi connectivity index (χ0v) is 12.8. The summed E-state index contributed by atoms with van der Waals surface area (Å²) in [5.41, 5.74) is 2.22. The fourth-order valence-electron chi connectivity index (χ4n) is 2.08. The Balaban J connectivity index is 2.18. The fraction of sp³-hybridized carbons (Fsp3) is 0.267. The van der Waals surface area contributed by atoms with Crippen LogP contribution in [0.15, 0.2) is 23.0 Å². The average Bonchev–Trinajstić information content (AvgIpc) is 2.37. The molecule has 0 aliphatic carbocycles. The normalized spacial score (nSPS) is 10.5. The monoisotopic (exact) mass is 305 g/mol. The van der Waals surface area contributed by atoms with E-state index < -0.39 is 0 Å². The van der Waals surface area contributed by atoms with Crippen LogP contribution in [0.25, 0.3) is 0 Å². The highest BCUT2D eigenvalue weighted by molar-refractivity contribution is 6.30. The topological polar surface area (TPSA) is 74.8 Å². The predicted octanol–water partition coefficient (Wildman–Crippen LogP) is 2.53. The first-order valence-electron chi connectivity index (χ1n) is 6.49. The number of halogens is 1. The van der Waals surface area contributed by atoms with Crippen LogP contribution in [0.4, 0.5) is 5.69 Å². The molecule has 2 rings (SSSR count). The molecule has 0 saturated heterocycles. The second kappa shape index (κ2) is 6.10. The highest BCUT2D eigenvalue weighted by Crippen LogP contribution is 2.19. The lowest BCUT2D eigenvalue weighted by Gasteiger charge is -2.09. The Kier molecular flexibility index (Phi) is 4.43. The van der Waals surface area contributed by atoms with Gasteiger partial charge >= 0.3 is 0 Å². The largest absolute Gasteiger partial charge is 0.326 e. The molecule has 0 aliphatic heterocycles. The maximum Gasteiger partial charge on any atom is 0.254 e. The Morgan fingerprint density at radius 2 is 2.05 bits per heavy atom. The van der Waals surface area contributed by atoms with Crippen molar-refractivity contribution in [1.29, 1.82) is 0 Å². The number of H-pyrrole nitrogens is 1. The van der Waals surface area contributed by atoms with E-state index in [0.29, 0.717) is 27.8 Å². The third-order valence-corrected chi connectivity index (χ3v) is 3.38. The summed E-state index contributed by atoms with van der Waals surface area (Å²) in [7, 11) is 0. The molecular weight excluding hydrogens is 290 g/mol. The van der Waals surface area contributed by atoms with Crippen molar-refractivity contribution >= 4 is 23.2 Å². The molecule has 0 atom stereocenters. The van der Waals surface area contributed by atoms with Gasteiger partial charge in [0.05, 0.1) is 6.42 Å². The molecule has 6 heteroatoms. The van der Waals surface area contributed by atoms with E-state index in [1.165, 1.54) is 0 Å². The second-order valence-electron chi connectivity index (χ2n) is 4.90. The molecular formula is C15H16ClN3O2. The molecule has 0 fully saturated rings. The Morgan fingerprint density at radius 3 is 2.67 bits per heavy atom. The number of carbonyl (C=O) groups excluding carboxylic acids is 1. The molecule has 0 saturated carbocycles. The number of aryl methyl sites for hydroxylation is 3. The molecule has 0 aliphatic rings. The van der Waals surface area contributed by atoms with Gasteiger partial charge in [-0.3, -0.25) is 9.59 Å². The van der Waals surface area contributed by atoms with Crippen molar-refractivity contribution in [2.45, 2.75) is 27.2 Å². The zero-order chi connectivity index (χ0) is 15.6. The van der Waals surface area contributed by atoms with Crippen molar-refractivity contribution in [3.63, 3.8) is 0 Å². The number of rotatable bonds is 3. The molecule has 0 unspecified atom stereocenters. The van der Waals surface area contributed by atoms with Gasteiger partial charge in [-0.2, -0.15) is 0 Å². The summed E-state index contributed by atoms with van der Waals surface area (Å²) >= 11 is 5.87. The minimum absolute atomic E-state index is 0.0173. The number of aromatic amines is 1. The SMILES string of the molecule is Cc1nc(C)c(CC(=O)Nc2ccc(Cl)cc2C)c(=O)[nH]1. The lowest BCUT2D eigenvalue weighted by Crippen LogP contribution is -2.24. The summed E-state index contributed by atoms with van der Waals surface area (Å²) in [6, 6.07) is 5.21. The number of hydrogen-bond acceptors (Lipinski definition) is 3. The summed E-state index contributed by atoms with van der Waals surface area (Å²) < 4.78 is 0. The van der Waals surface area contributed by atoms with Crippen LogP contribution in [-0.4, -0.2) is 15.9 Å². The van der Waals surface area contributed by atoms with Crippen molar-refractivity contribution in [2.75, 3.05) is 5.32 Å². The number of benzene rings is 1. The number of anilines is 1. The Bertz CT molecular complexity index is 753. The van der Waals surface area contributed by atoms with Crippen molar-refractivity contribution in [3.05, 3.63) is 56.2 Å². The molecule has 1 aromatic carbocycles. The van der Waals surface area contributed by atoms with E-state index in [4.69, 9.17) is 11.6 Å². The van der Waals surface area contributed by atoms with Gasteiger partial charge in [-0.1, -0.05) is 11.6 Å². The summed E-state index contributed by atoms with van der Waals surface area (Å²) in [5.74, 6) is 0.273. The standard InChI is InChI=1S/C15H16ClN3O2/c1-8-6-11(16)4-5-13(8)19-14(20)7-12-9(2)17-10(3)18-15(12)21/h4-6H,7H2,1-3H3,(H,19,20)(H,17,18,21). The smallest absolute Gasteiger partial charge is 0.254 e. The van der Waals surface area contributed by atoms with E-state index in [1.54, 1.807) is 32.0 Å². The van der Waals surface area contributed by atoms with Crippen LogP contribution in [0.1, 0.15) is 22.6 Å². The number of aromatic nitrogens is 2. The van der Waals surface area contributed by atoms with Crippen molar-refractivity contribution in [3.8, 4) is 0 Å². The van der Waals surface area contributed by atoms with Gasteiger partial charge in [-0.05, 0) is 44.5 Å². The summed E-state index contributed by atoms with van der Waals surface area (Å²) in [4.78, 5) is 30.7. The Labute approximate surface area is 127 Å². The van der Waals surface area contributed by atoms with Gasteiger partial charge in [-0.25, -0.2) is 4.98 Å². The summed E-state index contributed by atoms with van der Waals surface area (Å²) in [5, 5.41) is 3.39. The summed E-state index contributed by atoms with van der Waals surface area (Å²) in [6.07, 6.45) is -0.0173.